The number of hydrogen-bond acceptors (Lipinski definition) is 3. The standard InChI is InChI=1S/C15H14BrN3O/c1-10-5-6-14(20-10)15-11(9-18-19-15)8-17-13-4-2-3-12(16)7-13/h2-7,9,17H,8H2,1H3,(H,18,19). The zero-order valence-corrected chi connectivity index (χ0v) is 12.6. The fraction of sp³-hybridized carbons (Fsp3) is 0.133. The van der Waals surface area contributed by atoms with Gasteiger partial charge in [-0.25, -0.2) is 0 Å². The molecule has 0 unspecified atom stereocenters. The third kappa shape index (κ3) is 2.77. The van der Waals surface area contributed by atoms with Crippen LogP contribution >= 0.6 is 15.9 Å². The average Bonchev–Trinajstić information content (AvgIpc) is 3.04. The summed E-state index contributed by atoms with van der Waals surface area (Å²) in [5, 5.41) is 10.5. The maximum atomic E-state index is 5.63. The predicted octanol–water partition coefficient (Wildman–Crippen LogP) is 4.35. The summed E-state index contributed by atoms with van der Waals surface area (Å²) in [7, 11) is 0. The Balaban J connectivity index is 1.77. The van der Waals surface area contributed by atoms with Crippen LogP contribution in [0.25, 0.3) is 11.5 Å². The van der Waals surface area contributed by atoms with Crippen molar-refractivity contribution in [2.45, 2.75) is 13.5 Å². The number of anilines is 1. The lowest BCUT2D eigenvalue weighted by molar-refractivity contribution is 0.545. The molecule has 0 fully saturated rings. The molecule has 3 aromatic rings. The Morgan fingerprint density at radius 3 is 2.95 bits per heavy atom. The van der Waals surface area contributed by atoms with Gasteiger partial charge in [-0.2, -0.15) is 5.10 Å². The maximum absolute atomic E-state index is 5.63. The Morgan fingerprint density at radius 1 is 1.30 bits per heavy atom. The molecule has 0 spiro atoms. The molecular weight excluding hydrogens is 318 g/mol. The van der Waals surface area contributed by atoms with E-state index in [0.29, 0.717) is 6.54 Å². The van der Waals surface area contributed by atoms with E-state index >= 15 is 0 Å². The first kappa shape index (κ1) is 13.0. The van der Waals surface area contributed by atoms with Gasteiger partial charge in [0.2, 0.25) is 0 Å². The molecule has 1 aromatic carbocycles. The van der Waals surface area contributed by atoms with E-state index < -0.39 is 0 Å². The van der Waals surface area contributed by atoms with E-state index in [0.717, 1.165) is 32.9 Å². The second kappa shape index (κ2) is 5.54. The lowest BCUT2D eigenvalue weighted by Gasteiger charge is -2.06. The summed E-state index contributed by atoms with van der Waals surface area (Å²) < 4.78 is 6.69. The Labute approximate surface area is 125 Å². The zero-order chi connectivity index (χ0) is 13.9. The number of aromatic amines is 1. The molecule has 20 heavy (non-hydrogen) atoms. The number of hydrogen-bond donors (Lipinski definition) is 2. The van der Waals surface area contributed by atoms with Gasteiger partial charge in [-0.3, -0.25) is 5.10 Å². The topological polar surface area (TPSA) is 53.9 Å². The largest absolute Gasteiger partial charge is 0.460 e. The Bertz CT molecular complexity index is 717. The van der Waals surface area contributed by atoms with Gasteiger partial charge in [-0.15, -0.1) is 0 Å². The van der Waals surface area contributed by atoms with Crippen molar-refractivity contribution in [2.24, 2.45) is 0 Å². The molecule has 0 aliphatic carbocycles. The number of halogens is 1. The number of furan rings is 1. The highest BCUT2D eigenvalue weighted by molar-refractivity contribution is 9.10. The van der Waals surface area contributed by atoms with Crippen LogP contribution in [-0.2, 0) is 6.54 Å². The van der Waals surface area contributed by atoms with Gasteiger partial charge in [-0.1, -0.05) is 22.0 Å². The summed E-state index contributed by atoms with van der Waals surface area (Å²) in [6.07, 6.45) is 1.82. The molecule has 0 aliphatic heterocycles. The van der Waals surface area contributed by atoms with Gasteiger partial charge in [0.1, 0.15) is 11.5 Å². The number of aromatic nitrogens is 2. The van der Waals surface area contributed by atoms with Gasteiger partial charge in [0.25, 0.3) is 0 Å². The molecule has 0 radical (unpaired) electrons. The lowest BCUT2D eigenvalue weighted by Crippen LogP contribution is -1.99. The van der Waals surface area contributed by atoms with Crippen LogP contribution in [0.15, 0.2) is 51.5 Å². The minimum absolute atomic E-state index is 0.683. The lowest BCUT2D eigenvalue weighted by atomic mass is 10.2. The third-order valence-electron chi connectivity index (χ3n) is 3.01. The van der Waals surface area contributed by atoms with Gasteiger partial charge in [0.05, 0.1) is 6.20 Å². The predicted molar refractivity (Wildman–Crippen MR) is 82.5 cm³/mol. The minimum Gasteiger partial charge on any atom is -0.460 e. The summed E-state index contributed by atoms with van der Waals surface area (Å²) in [4.78, 5) is 0. The molecule has 0 aliphatic rings. The molecular formula is C15H14BrN3O. The SMILES string of the molecule is Cc1ccc(-c2[nH]ncc2CNc2cccc(Br)c2)o1. The molecule has 102 valence electrons. The Hall–Kier alpha value is -2.01. The third-order valence-corrected chi connectivity index (χ3v) is 3.51. The van der Waals surface area contributed by atoms with E-state index in [-0.39, 0.29) is 0 Å². The summed E-state index contributed by atoms with van der Waals surface area (Å²) >= 11 is 3.46. The molecule has 0 amide bonds. The van der Waals surface area contributed by atoms with Crippen LogP contribution < -0.4 is 5.32 Å². The van der Waals surface area contributed by atoms with E-state index in [9.17, 15) is 0 Å². The fourth-order valence-electron chi connectivity index (χ4n) is 2.02. The monoisotopic (exact) mass is 331 g/mol. The quantitative estimate of drug-likeness (QED) is 0.747. The second-order valence-corrected chi connectivity index (χ2v) is 5.46. The van der Waals surface area contributed by atoms with Crippen LogP contribution in [-0.4, -0.2) is 10.2 Å². The van der Waals surface area contributed by atoms with Gasteiger partial charge in [-0.05, 0) is 37.3 Å². The Morgan fingerprint density at radius 2 is 2.20 bits per heavy atom. The molecule has 0 atom stereocenters. The van der Waals surface area contributed by atoms with Crippen LogP contribution in [0, 0.1) is 6.92 Å². The smallest absolute Gasteiger partial charge is 0.152 e. The van der Waals surface area contributed by atoms with Crippen molar-refractivity contribution in [3.63, 3.8) is 0 Å². The number of H-pyrrole nitrogens is 1. The number of rotatable bonds is 4. The fourth-order valence-corrected chi connectivity index (χ4v) is 2.42. The molecule has 2 heterocycles. The van der Waals surface area contributed by atoms with E-state index in [1.807, 2.05) is 49.5 Å². The number of nitrogens with one attached hydrogen (secondary N) is 2. The normalized spacial score (nSPS) is 10.7. The van der Waals surface area contributed by atoms with Gasteiger partial charge in [0.15, 0.2) is 5.76 Å². The van der Waals surface area contributed by atoms with E-state index in [2.05, 4.69) is 31.4 Å². The van der Waals surface area contributed by atoms with Gasteiger partial charge >= 0.3 is 0 Å². The van der Waals surface area contributed by atoms with Crippen molar-refractivity contribution in [2.75, 3.05) is 5.32 Å². The summed E-state index contributed by atoms with van der Waals surface area (Å²) in [5.74, 6) is 1.70. The highest BCUT2D eigenvalue weighted by Gasteiger charge is 2.10. The van der Waals surface area contributed by atoms with E-state index in [4.69, 9.17) is 4.42 Å². The van der Waals surface area contributed by atoms with Crippen LogP contribution in [0.2, 0.25) is 0 Å². The van der Waals surface area contributed by atoms with Crippen molar-refractivity contribution >= 4 is 21.6 Å². The van der Waals surface area contributed by atoms with E-state index in [1.165, 1.54) is 0 Å². The van der Waals surface area contributed by atoms with Crippen molar-refractivity contribution in [3.8, 4) is 11.5 Å². The highest BCUT2D eigenvalue weighted by Crippen LogP contribution is 2.24. The number of aryl methyl sites for hydroxylation is 1. The van der Waals surface area contributed by atoms with Gasteiger partial charge < -0.3 is 9.73 Å². The zero-order valence-electron chi connectivity index (χ0n) is 11.0. The van der Waals surface area contributed by atoms with Crippen molar-refractivity contribution < 1.29 is 4.42 Å². The molecule has 4 nitrogen and oxygen atoms in total. The van der Waals surface area contributed by atoms with Crippen molar-refractivity contribution in [1.29, 1.82) is 0 Å². The first-order valence-electron chi connectivity index (χ1n) is 6.31. The van der Waals surface area contributed by atoms with Gasteiger partial charge in [0, 0.05) is 22.3 Å². The average molecular weight is 332 g/mol. The van der Waals surface area contributed by atoms with Crippen molar-refractivity contribution in [1.82, 2.24) is 10.2 Å². The molecule has 5 heteroatoms. The Kier molecular flexibility index (Phi) is 3.60. The number of benzene rings is 1. The molecule has 0 saturated heterocycles. The molecule has 0 bridgehead atoms. The second-order valence-electron chi connectivity index (χ2n) is 4.54. The summed E-state index contributed by atoms with van der Waals surface area (Å²) in [6, 6.07) is 12.0. The first-order valence-corrected chi connectivity index (χ1v) is 7.10. The highest BCUT2D eigenvalue weighted by atomic mass is 79.9. The molecule has 2 aromatic heterocycles. The van der Waals surface area contributed by atoms with Crippen LogP contribution in [0.3, 0.4) is 0 Å². The first-order chi connectivity index (χ1) is 9.72. The van der Waals surface area contributed by atoms with Crippen LogP contribution in [0.4, 0.5) is 5.69 Å². The summed E-state index contributed by atoms with van der Waals surface area (Å²) in [5.41, 5.74) is 3.04. The molecule has 2 N–H and O–H groups in total. The minimum atomic E-state index is 0.683. The summed E-state index contributed by atoms with van der Waals surface area (Å²) in [6.45, 7) is 2.61. The molecule has 0 saturated carbocycles. The number of nitrogens with zero attached hydrogens (tertiary/aromatic N) is 1. The maximum Gasteiger partial charge on any atom is 0.152 e. The van der Waals surface area contributed by atoms with Crippen LogP contribution in [0.5, 0.6) is 0 Å². The molecule has 3 rings (SSSR count). The van der Waals surface area contributed by atoms with E-state index in [1.54, 1.807) is 0 Å². The van der Waals surface area contributed by atoms with Crippen LogP contribution in [0.1, 0.15) is 11.3 Å². The van der Waals surface area contributed by atoms with Crippen molar-refractivity contribution in [3.05, 3.63) is 58.4 Å².